The maximum Gasteiger partial charge on any atom is 0.122 e. The zero-order valence-electron chi connectivity index (χ0n) is 13.1. The Hall–Kier alpha value is -2.00. The summed E-state index contributed by atoms with van der Waals surface area (Å²) in [6.45, 7) is 5.04. The standard InChI is InChI=1S/C18H23NO2/c1-13-5-7-16(8-6-13)14(2)19-12-15-9-17(20-3)11-18(10-15)21-4/h5-11,14,19H,12H2,1-4H3/t14-/m0/s1. The molecule has 0 radical (unpaired) electrons. The molecule has 112 valence electrons. The van der Waals surface area contributed by atoms with E-state index in [0.717, 1.165) is 23.6 Å². The third kappa shape index (κ3) is 4.23. The van der Waals surface area contributed by atoms with Crippen molar-refractivity contribution in [1.29, 1.82) is 0 Å². The van der Waals surface area contributed by atoms with Crippen LogP contribution in [-0.4, -0.2) is 14.2 Å². The van der Waals surface area contributed by atoms with Crippen LogP contribution in [0.15, 0.2) is 42.5 Å². The Morgan fingerprint density at radius 3 is 2.05 bits per heavy atom. The SMILES string of the molecule is COc1cc(CN[C@@H](C)c2ccc(C)cc2)cc(OC)c1. The van der Waals surface area contributed by atoms with Crippen molar-refractivity contribution in [3.8, 4) is 11.5 Å². The number of methoxy groups -OCH3 is 2. The summed E-state index contributed by atoms with van der Waals surface area (Å²) in [5.41, 5.74) is 3.71. The van der Waals surface area contributed by atoms with E-state index in [9.17, 15) is 0 Å². The van der Waals surface area contributed by atoms with Crippen LogP contribution in [0.3, 0.4) is 0 Å². The largest absolute Gasteiger partial charge is 0.497 e. The van der Waals surface area contributed by atoms with Crippen LogP contribution in [0.1, 0.15) is 29.7 Å². The van der Waals surface area contributed by atoms with Crippen LogP contribution in [0, 0.1) is 6.92 Å². The van der Waals surface area contributed by atoms with E-state index in [1.807, 2.05) is 18.2 Å². The highest BCUT2D eigenvalue weighted by Gasteiger charge is 2.06. The lowest BCUT2D eigenvalue weighted by Gasteiger charge is -2.15. The topological polar surface area (TPSA) is 30.5 Å². The molecule has 2 rings (SSSR count). The van der Waals surface area contributed by atoms with Gasteiger partial charge in [0, 0.05) is 18.7 Å². The fourth-order valence-corrected chi connectivity index (χ4v) is 2.21. The molecule has 0 unspecified atom stereocenters. The van der Waals surface area contributed by atoms with Gasteiger partial charge >= 0.3 is 0 Å². The van der Waals surface area contributed by atoms with Crippen LogP contribution in [-0.2, 0) is 6.54 Å². The Morgan fingerprint density at radius 1 is 0.952 bits per heavy atom. The van der Waals surface area contributed by atoms with Gasteiger partial charge in [-0.1, -0.05) is 29.8 Å². The molecular weight excluding hydrogens is 262 g/mol. The summed E-state index contributed by atoms with van der Waals surface area (Å²) < 4.78 is 10.6. The van der Waals surface area contributed by atoms with Crippen LogP contribution in [0.2, 0.25) is 0 Å². The van der Waals surface area contributed by atoms with Crippen LogP contribution < -0.4 is 14.8 Å². The minimum atomic E-state index is 0.294. The Labute approximate surface area is 126 Å². The molecule has 3 nitrogen and oxygen atoms in total. The van der Waals surface area contributed by atoms with Gasteiger partial charge in [0.05, 0.1) is 14.2 Å². The lowest BCUT2D eigenvalue weighted by atomic mass is 10.1. The van der Waals surface area contributed by atoms with E-state index in [-0.39, 0.29) is 0 Å². The Bertz CT molecular complexity index is 556. The molecule has 21 heavy (non-hydrogen) atoms. The predicted octanol–water partition coefficient (Wildman–Crippen LogP) is 3.86. The Balaban J connectivity index is 2.03. The van der Waals surface area contributed by atoms with E-state index in [1.165, 1.54) is 11.1 Å². The summed E-state index contributed by atoms with van der Waals surface area (Å²) in [6.07, 6.45) is 0. The highest BCUT2D eigenvalue weighted by Crippen LogP contribution is 2.23. The summed E-state index contributed by atoms with van der Waals surface area (Å²) in [5.74, 6) is 1.63. The van der Waals surface area contributed by atoms with Gasteiger partial charge in [-0.2, -0.15) is 0 Å². The number of aryl methyl sites for hydroxylation is 1. The van der Waals surface area contributed by atoms with Crippen LogP contribution in [0.4, 0.5) is 0 Å². The Morgan fingerprint density at radius 2 is 1.52 bits per heavy atom. The lowest BCUT2D eigenvalue weighted by molar-refractivity contribution is 0.392. The average molecular weight is 285 g/mol. The minimum absolute atomic E-state index is 0.294. The second-order valence-electron chi connectivity index (χ2n) is 5.23. The first-order valence-electron chi connectivity index (χ1n) is 7.14. The lowest BCUT2D eigenvalue weighted by Crippen LogP contribution is -2.18. The Kier molecular flexibility index (Phi) is 5.23. The maximum atomic E-state index is 5.29. The first kappa shape index (κ1) is 15.4. The zero-order chi connectivity index (χ0) is 15.2. The van der Waals surface area contributed by atoms with Crippen LogP contribution in [0.25, 0.3) is 0 Å². The number of benzene rings is 2. The summed E-state index contributed by atoms with van der Waals surface area (Å²) in [7, 11) is 3.34. The molecule has 0 spiro atoms. The molecule has 2 aromatic carbocycles. The first-order valence-corrected chi connectivity index (χ1v) is 7.14. The monoisotopic (exact) mass is 285 g/mol. The number of nitrogens with one attached hydrogen (secondary N) is 1. The van der Waals surface area contributed by atoms with Crippen molar-refractivity contribution < 1.29 is 9.47 Å². The second kappa shape index (κ2) is 7.14. The molecule has 2 aromatic rings. The van der Waals surface area contributed by atoms with Gasteiger partial charge in [-0.15, -0.1) is 0 Å². The van der Waals surface area contributed by atoms with Crippen LogP contribution >= 0.6 is 0 Å². The first-order chi connectivity index (χ1) is 10.1. The summed E-state index contributed by atoms with van der Waals surface area (Å²) in [6, 6.07) is 14.8. The normalized spacial score (nSPS) is 12.0. The molecule has 0 heterocycles. The van der Waals surface area contributed by atoms with Crippen molar-refractivity contribution >= 4 is 0 Å². The summed E-state index contributed by atoms with van der Waals surface area (Å²) >= 11 is 0. The van der Waals surface area contributed by atoms with E-state index in [4.69, 9.17) is 9.47 Å². The van der Waals surface area contributed by atoms with E-state index < -0.39 is 0 Å². The highest BCUT2D eigenvalue weighted by atomic mass is 16.5. The van der Waals surface area contributed by atoms with Crippen molar-refractivity contribution in [2.45, 2.75) is 26.4 Å². The fourth-order valence-electron chi connectivity index (χ4n) is 2.21. The zero-order valence-corrected chi connectivity index (χ0v) is 13.1. The highest BCUT2D eigenvalue weighted by molar-refractivity contribution is 5.38. The molecule has 0 saturated carbocycles. The minimum Gasteiger partial charge on any atom is -0.497 e. The number of hydrogen-bond acceptors (Lipinski definition) is 3. The predicted molar refractivity (Wildman–Crippen MR) is 86.0 cm³/mol. The van der Waals surface area contributed by atoms with Gasteiger partial charge in [-0.25, -0.2) is 0 Å². The molecule has 0 aromatic heterocycles. The molecule has 0 amide bonds. The van der Waals surface area contributed by atoms with Crippen LogP contribution in [0.5, 0.6) is 11.5 Å². The van der Waals surface area contributed by atoms with Gasteiger partial charge in [-0.05, 0) is 37.1 Å². The number of rotatable bonds is 6. The molecule has 0 aliphatic heterocycles. The van der Waals surface area contributed by atoms with Gasteiger partial charge in [0.2, 0.25) is 0 Å². The molecular formula is C18H23NO2. The second-order valence-corrected chi connectivity index (χ2v) is 5.23. The molecule has 0 aliphatic carbocycles. The number of hydrogen-bond donors (Lipinski definition) is 1. The molecule has 1 N–H and O–H groups in total. The smallest absolute Gasteiger partial charge is 0.122 e. The van der Waals surface area contributed by atoms with Gasteiger partial charge < -0.3 is 14.8 Å². The van der Waals surface area contributed by atoms with Gasteiger partial charge in [0.25, 0.3) is 0 Å². The third-order valence-electron chi connectivity index (χ3n) is 3.60. The quantitative estimate of drug-likeness (QED) is 0.874. The van der Waals surface area contributed by atoms with Crippen molar-refractivity contribution in [3.05, 3.63) is 59.2 Å². The summed E-state index contributed by atoms with van der Waals surface area (Å²) in [5, 5.41) is 3.53. The van der Waals surface area contributed by atoms with Crippen molar-refractivity contribution in [2.75, 3.05) is 14.2 Å². The van der Waals surface area contributed by atoms with E-state index in [1.54, 1.807) is 14.2 Å². The molecule has 1 atom stereocenters. The molecule has 0 saturated heterocycles. The van der Waals surface area contributed by atoms with E-state index >= 15 is 0 Å². The third-order valence-corrected chi connectivity index (χ3v) is 3.60. The van der Waals surface area contributed by atoms with Crippen molar-refractivity contribution in [3.63, 3.8) is 0 Å². The molecule has 0 bridgehead atoms. The molecule has 3 heteroatoms. The van der Waals surface area contributed by atoms with Crippen molar-refractivity contribution in [2.24, 2.45) is 0 Å². The van der Waals surface area contributed by atoms with E-state index in [2.05, 4.69) is 43.4 Å². The fraction of sp³-hybridized carbons (Fsp3) is 0.333. The number of ether oxygens (including phenoxy) is 2. The van der Waals surface area contributed by atoms with Gasteiger partial charge in [0.1, 0.15) is 11.5 Å². The van der Waals surface area contributed by atoms with E-state index in [0.29, 0.717) is 6.04 Å². The molecule has 0 fully saturated rings. The maximum absolute atomic E-state index is 5.29. The van der Waals surface area contributed by atoms with Gasteiger partial charge in [-0.3, -0.25) is 0 Å². The molecule has 0 aliphatic rings. The van der Waals surface area contributed by atoms with Gasteiger partial charge in [0.15, 0.2) is 0 Å². The summed E-state index contributed by atoms with van der Waals surface area (Å²) in [4.78, 5) is 0. The average Bonchev–Trinajstić information content (AvgIpc) is 2.52. The van der Waals surface area contributed by atoms with Crippen molar-refractivity contribution in [1.82, 2.24) is 5.32 Å².